The van der Waals surface area contributed by atoms with Crippen LogP contribution in [0.15, 0.2) is 83.3 Å². The fraction of sp³-hybridized carbons (Fsp3) is 0.0741. The number of nitro benzene ring substituents is 1. The zero-order valence-corrected chi connectivity index (χ0v) is 20.7. The SMILES string of the molecule is Cc1cccc(CN2C(=O)N/C(=C\c3c(-c4ccc(Cl)cc4)[nH]n(-c4ccc([N+](=O)[O-])cc4)c3=O)C2=O)c1. The zero-order chi connectivity index (χ0) is 27.0. The van der Waals surface area contributed by atoms with Crippen molar-refractivity contribution in [2.45, 2.75) is 13.5 Å². The van der Waals surface area contributed by atoms with Gasteiger partial charge in [0.05, 0.1) is 28.4 Å². The largest absolute Gasteiger partial charge is 0.329 e. The summed E-state index contributed by atoms with van der Waals surface area (Å²) in [5, 5.41) is 17.1. The first-order valence-electron chi connectivity index (χ1n) is 11.5. The van der Waals surface area contributed by atoms with Crippen LogP contribution in [0.3, 0.4) is 0 Å². The van der Waals surface area contributed by atoms with Crippen molar-refractivity contribution < 1.29 is 14.5 Å². The van der Waals surface area contributed by atoms with E-state index < -0.39 is 22.4 Å². The van der Waals surface area contributed by atoms with E-state index in [1.807, 2.05) is 31.2 Å². The van der Waals surface area contributed by atoms with Crippen LogP contribution < -0.4 is 10.9 Å². The number of aryl methyl sites for hydroxylation is 1. The fourth-order valence-electron chi connectivity index (χ4n) is 4.18. The van der Waals surface area contributed by atoms with Crippen molar-refractivity contribution in [3.8, 4) is 16.9 Å². The van der Waals surface area contributed by atoms with Gasteiger partial charge in [0.15, 0.2) is 0 Å². The molecule has 3 aromatic carbocycles. The van der Waals surface area contributed by atoms with Gasteiger partial charge >= 0.3 is 6.03 Å². The van der Waals surface area contributed by atoms with Crippen LogP contribution in [-0.2, 0) is 11.3 Å². The molecule has 0 atom stereocenters. The number of rotatable bonds is 6. The number of aromatic amines is 1. The van der Waals surface area contributed by atoms with Crippen molar-refractivity contribution in [1.29, 1.82) is 0 Å². The lowest BCUT2D eigenvalue weighted by atomic mass is 10.1. The van der Waals surface area contributed by atoms with Crippen molar-refractivity contribution >= 4 is 35.3 Å². The van der Waals surface area contributed by atoms with Gasteiger partial charge in [-0.2, -0.15) is 0 Å². The summed E-state index contributed by atoms with van der Waals surface area (Å²) in [5.41, 5.74) is 2.54. The highest BCUT2D eigenvalue weighted by Crippen LogP contribution is 2.26. The average Bonchev–Trinajstić information content (AvgIpc) is 3.35. The van der Waals surface area contributed by atoms with Gasteiger partial charge in [-0.3, -0.25) is 29.7 Å². The minimum absolute atomic E-state index is 0.0511. The number of amides is 3. The van der Waals surface area contributed by atoms with Crippen LogP contribution in [0.5, 0.6) is 0 Å². The Morgan fingerprint density at radius 3 is 2.37 bits per heavy atom. The molecule has 1 saturated heterocycles. The van der Waals surface area contributed by atoms with Crippen LogP contribution >= 0.6 is 11.6 Å². The first-order valence-corrected chi connectivity index (χ1v) is 11.8. The lowest BCUT2D eigenvalue weighted by Crippen LogP contribution is -2.30. The summed E-state index contributed by atoms with van der Waals surface area (Å²) in [6.07, 6.45) is 1.33. The van der Waals surface area contributed by atoms with Gasteiger partial charge in [-0.05, 0) is 42.8 Å². The Hall–Kier alpha value is -4.96. The molecule has 5 rings (SSSR count). The average molecular weight is 530 g/mol. The summed E-state index contributed by atoms with van der Waals surface area (Å²) in [7, 11) is 0. The molecule has 1 aliphatic heterocycles. The predicted octanol–water partition coefficient (Wildman–Crippen LogP) is 4.80. The minimum atomic E-state index is -0.595. The highest BCUT2D eigenvalue weighted by molar-refractivity contribution is 6.30. The maximum absolute atomic E-state index is 13.5. The van der Waals surface area contributed by atoms with Crippen molar-refractivity contribution in [2.75, 3.05) is 0 Å². The van der Waals surface area contributed by atoms with Gasteiger partial charge in [-0.15, -0.1) is 0 Å². The smallest absolute Gasteiger partial charge is 0.303 e. The number of H-pyrrole nitrogens is 1. The lowest BCUT2D eigenvalue weighted by molar-refractivity contribution is -0.384. The Balaban J connectivity index is 1.57. The number of nitro groups is 1. The van der Waals surface area contributed by atoms with Gasteiger partial charge < -0.3 is 5.32 Å². The molecular weight excluding hydrogens is 510 g/mol. The fourth-order valence-corrected chi connectivity index (χ4v) is 4.30. The van der Waals surface area contributed by atoms with Crippen molar-refractivity contribution in [2.24, 2.45) is 0 Å². The number of nitrogens with zero attached hydrogens (tertiary/aromatic N) is 3. The first-order chi connectivity index (χ1) is 18.2. The maximum atomic E-state index is 13.5. The van der Waals surface area contributed by atoms with Gasteiger partial charge in [0.1, 0.15) is 5.70 Å². The minimum Gasteiger partial charge on any atom is -0.303 e. The van der Waals surface area contributed by atoms with E-state index in [0.717, 1.165) is 16.0 Å². The standard InChI is InChI=1S/C27H20ClN5O5/c1-16-3-2-4-17(13-16)15-31-26(35)23(29-27(31)36)14-22-24(18-5-7-19(28)8-6-18)30-32(25(22)34)20-9-11-21(12-10-20)33(37)38/h2-14,30H,15H2,1H3,(H,29,36)/b23-14-. The number of benzene rings is 3. The maximum Gasteiger partial charge on any atom is 0.329 e. The van der Waals surface area contributed by atoms with Crippen LogP contribution in [0.4, 0.5) is 10.5 Å². The molecule has 0 unspecified atom stereocenters. The number of nitrogens with one attached hydrogen (secondary N) is 2. The van der Waals surface area contributed by atoms with E-state index in [2.05, 4.69) is 10.4 Å². The molecule has 1 aliphatic rings. The van der Waals surface area contributed by atoms with E-state index in [9.17, 15) is 24.5 Å². The van der Waals surface area contributed by atoms with Gasteiger partial charge in [-0.1, -0.05) is 53.6 Å². The molecule has 11 heteroatoms. The topological polar surface area (TPSA) is 130 Å². The Kier molecular flexibility index (Phi) is 6.39. The molecule has 0 aliphatic carbocycles. The number of halogens is 1. The Labute approximate surface area is 220 Å². The van der Waals surface area contributed by atoms with Gasteiger partial charge in [0.25, 0.3) is 17.2 Å². The third kappa shape index (κ3) is 4.72. The van der Waals surface area contributed by atoms with Crippen LogP contribution in [-0.4, -0.2) is 31.5 Å². The summed E-state index contributed by atoms with van der Waals surface area (Å²) >= 11 is 6.03. The highest BCUT2D eigenvalue weighted by atomic mass is 35.5. The van der Waals surface area contributed by atoms with Gasteiger partial charge in [0.2, 0.25) is 0 Å². The second-order valence-electron chi connectivity index (χ2n) is 8.69. The second-order valence-corrected chi connectivity index (χ2v) is 9.13. The molecule has 190 valence electrons. The van der Waals surface area contributed by atoms with Crippen LogP contribution in [0.1, 0.15) is 16.7 Å². The first kappa shape index (κ1) is 24.7. The third-order valence-corrected chi connectivity index (χ3v) is 6.30. The Morgan fingerprint density at radius 2 is 1.71 bits per heavy atom. The van der Waals surface area contributed by atoms with Crippen LogP contribution in [0, 0.1) is 17.0 Å². The number of hydrogen-bond donors (Lipinski definition) is 2. The highest BCUT2D eigenvalue weighted by Gasteiger charge is 2.34. The molecule has 0 saturated carbocycles. The molecule has 10 nitrogen and oxygen atoms in total. The number of non-ortho nitro benzene ring substituents is 1. The Morgan fingerprint density at radius 1 is 1.00 bits per heavy atom. The summed E-state index contributed by atoms with van der Waals surface area (Å²) in [4.78, 5) is 50.9. The number of hydrogen-bond acceptors (Lipinski definition) is 5. The number of carbonyl (C=O) groups excluding carboxylic acids is 2. The van der Waals surface area contributed by atoms with E-state index in [0.29, 0.717) is 22.0 Å². The van der Waals surface area contributed by atoms with E-state index in [1.54, 1.807) is 24.3 Å². The van der Waals surface area contributed by atoms with E-state index in [-0.39, 0.29) is 23.5 Å². The second kappa shape index (κ2) is 9.83. The number of carbonyl (C=O) groups is 2. The van der Waals surface area contributed by atoms with Crippen LogP contribution in [0.2, 0.25) is 5.02 Å². The lowest BCUT2D eigenvalue weighted by Gasteiger charge is -2.12. The van der Waals surface area contributed by atoms with E-state index >= 15 is 0 Å². The number of imide groups is 1. The molecule has 3 amide bonds. The molecule has 2 heterocycles. The molecule has 1 fully saturated rings. The van der Waals surface area contributed by atoms with E-state index in [1.165, 1.54) is 35.0 Å². The number of urea groups is 1. The monoisotopic (exact) mass is 529 g/mol. The van der Waals surface area contributed by atoms with Crippen LogP contribution in [0.25, 0.3) is 23.0 Å². The van der Waals surface area contributed by atoms with Crippen molar-refractivity contribution in [1.82, 2.24) is 20.0 Å². The van der Waals surface area contributed by atoms with Crippen molar-refractivity contribution in [3.05, 3.63) is 121 Å². The molecule has 38 heavy (non-hydrogen) atoms. The number of aromatic nitrogens is 2. The molecule has 1 aromatic heterocycles. The molecule has 0 bridgehead atoms. The third-order valence-electron chi connectivity index (χ3n) is 6.05. The molecule has 2 N–H and O–H groups in total. The zero-order valence-electron chi connectivity index (χ0n) is 20.0. The summed E-state index contributed by atoms with van der Waals surface area (Å²) in [6, 6.07) is 19.0. The molecule has 0 spiro atoms. The normalized spacial score (nSPS) is 14.3. The molecule has 0 radical (unpaired) electrons. The molecular formula is C27H20ClN5O5. The van der Waals surface area contributed by atoms with Crippen molar-refractivity contribution in [3.63, 3.8) is 0 Å². The predicted molar refractivity (Wildman–Crippen MR) is 142 cm³/mol. The van der Waals surface area contributed by atoms with E-state index in [4.69, 9.17) is 11.6 Å². The summed E-state index contributed by atoms with van der Waals surface area (Å²) in [5.74, 6) is -0.568. The Bertz CT molecular complexity index is 1670. The van der Waals surface area contributed by atoms with Gasteiger partial charge in [-0.25, -0.2) is 9.48 Å². The summed E-state index contributed by atoms with van der Waals surface area (Å²) < 4.78 is 1.21. The quantitative estimate of drug-likeness (QED) is 0.160. The molecule has 4 aromatic rings. The summed E-state index contributed by atoms with van der Waals surface area (Å²) in [6.45, 7) is 1.99. The van der Waals surface area contributed by atoms with Gasteiger partial charge in [0, 0.05) is 22.7 Å².